The van der Waals surface area contributed by atoms with Crippen LogP contribution in [-0.4, -0.2) is 26.3 Å². The highest BCUT2D eigenvalue weighted by Crippen LogP contribution is 2.27. The number of hydrogen-bond donors (Lipinski definition) is 1. The van der Waals surface area contributed by atoms with E-state index in [0.717, 1.165) is 38.5 Å². The van der Waals surface area contributed by atoms with E-state index in [1.807, 2.05) is 11.3 Å². The van der Waals surface area contributed by atoms with Crippen LogP contribution < -0.4 is 10.2 Å². The lowest BCUT2D eigenvalue weighted by Crippen LogP contribution is -2.36. The number of anilines is 2. The Balaban J connectivity index is 1.59. The second-order valence-corrected chi connectivity index (χ2v) is 7.31. The average molecular weight is 367 g/mol. The molecule has 0 unspecified atom stereocenters. The fourth-order valence-corrected chi connectivity index (χ4v) is 3.95. The van der Waals surface area contributed by atoms with E-state index in [1.54, 1.807) is 0 Å². The van der Waals surface area contributed by atoms with Crippen LogP contribution in [0.3, 0.4) is 0 Å². The molecule has 0 spiro atoms. The molecule has 21 heavy (non-hydrogen) atoms. The predicted molar refractivity (Wildman–Crippen MR) is 93.6 cm³/mol. The Morgan fingerprint density at radius 2 is 1.95 bits per heavy atom. The Kier molecular flexibility index (Phi) is 4.83. The van der Waals surface area contributed by atoms with E-state index < -0.39 is 0 Å². The largest absolute Gasteiger partial charge is 0.380 e. The molecule has 0 atom stereocenters. The smallest absolute Gasteiger partial charge is 0.0642 e. The minimum atomic E-state index is 0.826. The molecule has 3 rings (SSSR count). The van der Waals surface area contributed by atoms with Crippen LogP contribution in [0.1, 0.15) is 9.75 Å². The summed E-state index contributed by atoms with van der Waals surface area (Å²) < 4.78 is 6.59. The molecular weight excluding hydrogens is 348 g/mol. The summed E-state index contributed by atoms with van der Waals surface area (Å²) in [5, 5.41) is 3.48. The van der Waals surface area contributed by atoms with Gasteiger partial charge in [-0.25, -0.2) is 0 Å². The number of nitrogens with one attached hydrogen (secondary N) is 1. The summed E-state index contributed by atoms with van der Waals surface area (Å²) in [6.07, 6.45) is 0. The maximum Gasteiger partial charge on any atom is 0.0642 e. The zero-order valence-electron chi connectivity index (χ0n) is 12.1. The molecule has 112 valence electrons. The summed E-state index contributed by atoms with van der Waals surface area (Å²) >= 11 is 5.39. The van der Waals surface area contributed by atoms with Gasteiger partial charge in [-0.3, -0.25) is 0 Å². The van der Waals surface area contributed by atoms with Crippen LogP contribution in [0.2, 0.25) is 0 Å². The Labute approximate surface area is 138 Å². The van der Waals surface area contributed by atoms with Crippen molar-refractivity contribution >= 4 is 38.6 Å². The van der Waals surface area contributed by atoms with E-state index in [-0.39, 0.29) is 0 Å². The zero-order valence-corrected chi connectivity index (χ0v) is 14.5. The van der Waals surface area contributed by atoms with Crippen molar-refractivity contribution in [2.45, 2.75) is 13.5 Å². The van der Waals surface area contributed by atoms with Gasteiger partial charge in [-0.1, -0.05) is 0 Å². The molecule has 2 heterocycles. The van der Waals surface area contributed by atoms with Gasteiger partial charge in [0.1, 0.15) is 0 Å². The van der Waals surface area contributed by atoms with Crippen LogP contribution in [-0.2, 0) is 11.3 Å². The number of rotatable bonds is 4. The molecular formula is C16H19BrN2OS. The number of hydrogen-bond acceptors (Lipinski definition) is 4. The lowest BCUT2D eigenvalue weighted by atomic mass is 10.2. The van der Waals surface area contributed by atoms with Gasteiger partial charge in [0.2, 0.25) is 0 Å². The Bertz CT molecular complexity index is 571. The molecule has 1 N–H and O–H groups in total. The monoisotopic (exact) mass is 366 g/mol. The van der Waals surface area contributed by atoms with Crippen molar-refractivity contribution < 1.29 is 4.74 Å². The highest BCUT2D eigenvalue weighted by Gasteiger charge is 2.10. The molecule has 1 saturated heterocycles. The van der Waals surface area contributed by atoms with E-state index in [1.165, 1.54) is 19.9 Å². The second kappa shape index (κ2) is 6.81. The van der Waals surface area contributed by atoms with Gasteiger partial charge in [0.05, 0.1) is 13.2 Å². The molecule has 1 aliphatic rings. The van der Waals surface area contributed by atoms with Crippen LogP contribution in [0, 0.1) is 6.92 Å². The first-order valence-corrected chi connectivity index (χ1v) is 8.75. The minimum absolute atomic E-state index is 0.826. The number of halogens is 1. The quantitative estimate of drug-likeness (QED) is 0.874. The van der Waals surface area contributed by atoms with E-state index in [2.05, 4.69) is 63.4 Å². The summed E-state index contributed by atoms with van der Waals surface area (Å²) in [4.78, 5) is 5.04. The van der Waals surface area contributed by atoms with Crippen LogP contribution in [0.4, 0.5) is 11.4 Å². The summed E-state index contributed by atoms with van der Waals surface area (Å²) in [5.41, 5.74) is 2.44. The van der Waals surface area contributed by atoms with Crippen molar-refractivity contribution in [2.75, 3.05) is 36.5 Å². The van der Waals surface area contributed by atoms with Gasteiger partial charge in [-0.15, -0.1) is 11.3 Å². The first kappa shape index (κ1) is 14.9. The molecule has 1 aliphatic heterocycles. The van der Waals surface area contributed by atoms with Gasteiger partial charge in [0, 0.05) is 45.2 Å². The number of aryl methyl sites for hydroxylation is 1. The molecule has 0 radical (unpaired) electrons. The Hall–Kier alpha value is -1.04. The fraction of sp³-hybridized carbons (Fsp3) is 0.375. The van der Waals surface area contributed by atoms with Crippen LogP contribution in [0.25, 0.3) is 0 Å². The maximum absolute atomic E-state index is 5.39. The van der Waals surface area contributed by atoms with Crippen LogP contribution in [0.5, 0.6) is 0 Å². The van der Waals surface area contributed by atoms with E-state index in [4.69, 9.17) is 4.74 Å². The fourth-order valence-electron chi connectivity index (χ4n) is 2.41. The van der Waals surface area contributed by atoms with Gasteiger partial charge in [0.25, 0.3) is 0 Å². The average Bonchev–Trinajstić information content (AvgIpc) is 2.85. The molecule has 0 saturated carbocycles. The zero-order chi connectivity index (χ0) is 14.7. The second-order valence-electron chi connectivity index (χ2n) is 5.12. The molecule has 1 fully saturated rings. The van der Waals surface area contributed by atoms with Gasteiger partial charge in [-0.2, -0.15) is 0 Å². The third kappa shape index (κ3) is 3.78. The highest BCUT2D eigenvalue weighted by molar-refractivity contribution is 9.10. The number of morpholine rings is 1. The SMILES string of the molecule is Cc1sc(CNc2ccc(N3CCOCC3)cc2)cc1Br. The maximum atomic E-state index is 5.39. The first-order valence-electron chi connectivity index (χ1n) is 7.14. The first-order chi connectivity index (χ1) is 10.2. The van der Waals surface area contributed by atoms with Crippen molar-refractivity contribution in [1.29, 1.82) is 0 Å². The van der Waals surface area contributed by atoms with Crippen molar-refractivity contribution in [3.05, 3.63) is 44.6 Å². The van der Waals surface area contributed by atoms with E-state index in [0.29, 0.717) is 0 Å². The standard InChI is InChI=1S/C16H19BrN2OS/c1-12-16(17)10-15(21-12)11-18-13-2-4-14(5-3-13)19-6-8-20-9-7-19/h2-5,10,18H,6-9,11H2,1H3. The number of thiophene rings is 1. The summed E-state index contributed by atoms with van der Waals surface area (Å²) in [6, 6.07) is 10.9. The van der Waals surface area contributed by atoms with Crippen LogP contribution >= 0.6 is 27.3 Å². The molecule has 2 aromatic rings. The summed E-state index contributed by atoms with van der Waals surface area (Å²) in [7, 11) is 0. The molecule has 0 amide bonds. The summed E-state index contributed by atoms with van der Waals surface area (Å²) in [5.74, 6) is 0. The van der Waals surface area contributed by atoms with Gasteiger partial charge < -0.3 is 15.0 Å². The lowest BCUT2D eigenvalue weighted by molar-refractivity contribution is 0.122. The number of nitrogens with zero attached hydrogens (tertiary/aromatic N) is 1. The molecule has 1 aromatic carbocycles. The predicted octanol–water partition coefficient (Wildman–Crippen LogP) is 4.27. The van der Waals surface area contributed by atoms with Crippen molar-refractivity contribution in [2.24, 2.45) is 0 Å². The Morgan fingerprint density at radius 1 is 1.24 bits per heavy atom. The van der Waals surface area contributed by atoms with Crippen molar-refractivity contribution in [3.8, 4) is 0 Å². The molecule has 0 bridgehead atoms. The van der Waals surface area contributed by atoms with Gasteiger partial charge in [-0.05, 0) is 53.2 Å². The lowest BCUT2D eigenvalue weighted by Gasteiger charge is -2.28. The third-order valence-electron chi connectivity index (χ3n) is 3.62. The molecule has 5 heteroatoms. The Morgan fingerprint density at radius 3 is 2.57 bits per heavy atom. The van der Waals surface area contributed by atoms with Crippen molar-refractivity contribution in [1.82, 2.24) is 0 Å². The van der Waals surface area contributed by atoms with Gasteiger partial charge >= 0.3 is 0 Å². The van der Waals surface area contributed by atoms with Crippen molar-refractivity contribution in [3.63, 3.8) is 0 Å². The van der Waals surface area contributed by atoms with Gasteiger partial charge in [0.15, 0.2) is 0 Å². The molecule has 0 aliphatic carbocycles. The number of ether oxygens (including phenoxy) is 1. The van der Waals surface area contributed by atoms with E-state index >= 15 is 0 Å². The van der Waals surface area contributed by atoms with Crippen LogP contribution in [0.15, 0.2) is 34.8 Å². The topological polar surface area (TPSA) is 24.5 Å². The van der Waals surface area contributed by atoms with E-state index in [9.17, 15) is 0 Å². The highest BCUT2D eigenvalue weighted by atomic mass is 79.9. The molecule has 3 nitrogen and oxygen atoms in total. The number of benzene rings is 1. The summed E-state index contributed by atoms with van der Waals surface area (Å²) in [6.45, 7) is 6.62. The third-order valence-corrected chi connectivity index (χ3v) is 5.76. The molecule has 1 aromatic heterocycles. The minimum Gasteiger partial charge on any atom is -0.380 e. The normalized spacial score (nSPS) is 15.2.